The molecular weight excluding hydrogens is 205 g/mol. The molecular formula is C11H12F3O. The number of halogens is 3. The standard InChI is InChI=1S/C11H12F3O/c1-2-4-9-5-3-6-10(7-9)15-8-11(12,13)14/h5-7H,2,4,8H2,1H3. The van der Waals surface area contributed by atoms with Crippen molar-refractivity contribution in [2.45, 2.75) is 25.9 Å². The fraction of sp³-hybridized carbons (Fsp3) is 0.455. The molecule has 1 aromatic rings. The Kier molecular flexibility index (Phi) is 4.00. The quantitative estimate of drug-likeness (QED) is 0.751. The predicted molar refractivity (Wildman–Crippen MR) is 50.8 cm³/mol. The van der Waals surface area contributed by atoms with Crippen molar-refractivity contribution < 1.29 is 17.9 Å². The highest BCUT2D eigenvalue weighted by Crippen LogP contribution is 2.19. The third-order valence-corrected chi connectivity index (χ3v) is 1.76. The smallest absolute Gasteiger partial charge is 0.422 e. The van der Waals surface area contributed by atoms with Crippen LogP contribution in [0.15, 0.2) is 18.2 Å². The minimum Gasteiger partial charge on any atom is -0.484 e. The van der Waals surface area contributed by atoms with Gasteiger partial charge in [0.05, 0.1) is 0 Å². The van der Waals surface area contributed by atoms with E-state index in [1.54, 1.807) is 12.1 Å². The monoisotopic (exact) mass is 217 g/mol. The number of ether oxygens (including phenoxy) is 1. The zero-order valence-corrected chi connectivity index (χ0v) is 8.40. The van der Waals surface area contributed by atoms with Crippen molar-refractivity contribution in [3.63, 3.8) is 0 Å². The molecule has 1 aromatic carbocycles. The van der Waals surface area contributed by atoms with Crippen LogP contribution in [0, 0.1) is 6.07 Å². The number of rotatable bonds is 4. The molecule has 0 unspecified atom stereocenters. The van der Waals surface area contributed by atoms with Gasteiger partial charge in [-0.15, -0.1) is 0 Å². The van der Waals surface area contributed by atoms with Crippen molar-refractivity contribution in [3.8, 4) is 5.75 Å². The number of alkyl halides is 3. The van der Waals surface area contributed by atoms with E-state index in [0.717, 1.165) is 18.4 Å². The highest BCUT2D eigenvalue weighted by atomic mass is 19.4. The molecule has 83 valence electrons. The van der Waals surface area contributed by atoms with Crippen LogP contribution in [0.25, 0.3) is 0 Å². The van der Waals surface area contributed by atoms with E-state index in [1.807, 2.05) is 6.92 Å². The van der Waals surface area contributed by atoms with E-state index in [9.17, 15) is 13.2 Å². The van der Waals surface area contributed by atoms with Gasteiger partial charge in [0.2, 0.25) is 0 Å². The molecule has 0 atom stereocenters. The number of aryl methyl sites for hydroxylation is 1. The van der Waals surface area contributed by atoms with Gasteiger partial charge in [0.25, 0.3) is 0 Å². The Labute approximate surface area is 86.9 Å². The molecule has 0 heterocycles. The van der Waals surface area contributed by atoms with E-state index >= 15 is 0 Å². The first-order chi connectivity index (χ1) is 7.01. The third kappa shape index (κ3) is 4.72. The van der Waals surface area contributed by atoms with E-state index in [-0.39, 0.29) is 5.75 Å². The van der Waals surface area contributed by atoms with Gasteiger partial charge in [-0.2, -0.15) is 13.2 Å². The fourth-order valence-electron chi connectivity index (χ4n) is 1.18. The van der Waals surface area contributed by atoms with Gasteiger partial charge in [-0.3, -0.25) is 0 Å². The van der Waals surface area contributed by atoms with Crippen LogP contribution in [0.2, 0.25) is 0 Å². The summed E-state index contributed by atoms with van der Waals surface area (Å²) in [7, 11) is 0. The molecule has 1 radical (unpaired) electrons. The average Bonchev–Trinajstić information content (AvgIpc) is 2.15. The van der Waals surface area contributed by atoms with Crippen molar-refractivity contribution in [1.82, 2.24) is 0 Å². The second-order valence-corrected chi connectivity index (χ2v) is 3.23. The number of hydrogen-bond donors (Lipinski definition) is 0. The van der Waals surface area contributed by atoms with Gasteiger partial charge in [0.15, 0.2) is 6.61 Å². The van der Waals surface area contributed by atoms with Crippen molar-refractivity contribution in [3.05, 3.63) is 29.8 Å². The molecule has 0 fully saturated rings. The van der Waals surface area contributed by atoms with E-state index in [0.29, 0.717) is 0 Å². The number of hydrogen-bond acceptors (Lipinski definition) is 1. The highest BCUT2D eigenvalue weighted by Gasteiger charge is 2.28. The van der Waals surface area contributed by atoms with Crippen LogP contribution in [0.1, 0.15) is 18.9 Å². The first-order valence-electron chi connectivity index (χ1n) is 4.71. The van der Waals surface area contributed by atoms with Crippen LogP contribution in [-0.2, 0) is 6.42 Å². The van der Waals surface area contributed by atoms with Gasteiger partial charge in [-0.25, -0.2) is 0 Å². The van der Waals surface area contributed by atoms with E-state index < -0.39 is 12.8 Å². The molecule has 0 saturated heterocycles. The molecule has 0 aromatic heterocycles. The largest absolute Gasteiger partial charge is 0.484 e. The van der Waals surface area contributed by atoms with Gasteiger partial charge in [0.1, 0.15) is 5.75 Å². The predicted octanol–water partition coefficient (Wildman–Crippen LogP) is 3.38. The number of benzene rings is 1. The van der Waals surface area contributed by atoms with E-state index in [2.05, 4.69) is 10.8 Å². The van der Waals surface area contributed by atoms with Gasteiger partial charge in [0, 0.05) is 0 Å². The SMILES string of the molecule is CCCc1c[c]cc(OCC(F)(F)F)c1. The highest BCUT2D eigenvalue weighted by molar-refractivity contribution is 5.27. The normalized spacial score (nSPS) is 11.5. The lowest BCUT2D eigenvalue weighted by atomic mass is 10.1. The molecule has 0 bridgehead atoms. The van der Waals surface area contributed by atoms with Crippen molar-refractivity contribution in [2.24, 2.45) is 0 Å². The molecule has 0 aliphatic rings. The molecule has 0 aliphatic carbocycles. The second kappa shape index (κ2) is 5.05. The Morgan fingerprint density at radius 3 is 2.67 bits per heavy atom. The summed E-state index contributed by atoms with van der Waals surface area (Å²) in [5.74, 6) is 0.221. The Bertz CT molecular complexity index is 307. The fourth-order valence-corrected chi connectivity index (χ4v) is 1.18. The van der Waals surface area contributed by atoms with E-state index in [4.69, 9.17) is 0 Å². The summed E-state index contributed by atoms with van der Waals surface area (Å²) in [6.07, 6.45) is -2.53. The maximum Gasteiger partial charge on any atom is 0.422 e. The zero-order chi connectivity index (χ0) is 11.3. The summed E-state index contributed by atoms with van der Waals surface area (Å²) >= 11 is 0. The summed E-state index contributed by atoms with van der Waals surface area (Å²) in [6, 6.07) is 7.54. The van der Waals surface area contributed by atoms with Gasteiger partial charge in [-0.05, 0) is 30.2 Å². The first-order valence-corrected chi connectivity index (χ1v) is 4.71. The third-order valence-electron chi connectivity index (χ3n) is 1.76. The summed E-state index contributed by atoms with van der Waals surface area (Å²) in [5, 5.41) is 0. The lowest BCUT2D eigenvalue weighted by molar-refractivity contribution is -0.153. The van der Waals surface area contributed by atoms with E-state index in [1.165, 1.54) is 6.07 Å². The molecule has 0 N–H and O–H groups in total. The minimum atomic E-state index is -4.29. The Morgan fingerprint density at radius 1 is 1.33 bits per heavy atom. The minimum absolute atomic E-state index is 0.221. The maximum absolute atomic E-state index is 11.9. The average molecular weight is 217 g/mol. The van der Waals surface area contributed by atoms with Crippen molar-refractivity contribution in [2.75, 3.05) is 6.61 Å². The van der Waals surface area contributed by atoms with Gasteiger partial charge >= 0.3 is 6.18 Å². The van der Waals surface area contributed by atoms with Crippen LogP contribution in [0.5, 0.6) is 5.75 Å². The summed E-state index contributed by atoms with van der Waals surface area (Å²) in [5.41, 5.74) is 0.942. The van der Waals surface area contributed by atoms with Crippen LogP contribution in [0.3, 0.4) is 0 Å². The Morgan fingerprint density at radius 2 is 2.07 bits per heavy atom. The topological polar surface area (TPSA) is 9.23 Å². The zero-order valence-electron chi connectivity index (χ0n) is 8.40. The molecule has 1 nitrogen and oxygen atoms in total. The lowest BCUT2D eigenvalue weighted by Gasteiger charge is -2.09. The summed E-state index contributed by atoms with van der Waals surface area (Å²) in [4.78, 5) is 0. The molecule has 0 spiro atoms. The van der Waals surface area contributed by atoms with Crippen LogP contribution < -0.4 is 4.74 Å². The Balaban J connectivity index is 2.57. The lowest BCUT2D eigenvalue weighted by Crippen LogP contribution is -2.19. The second-order valence-electron chi connectivity index (χ2n) is 3.23. The van der Waals surface area contributed by atoms with Crippen LogP contribution in [0.4, 0.5) is 13.2 Å². The molecule has 0 saturated carbocycles. The Hall–Kier alpha value is -1.19. The van der Waals surface area contributed by atoms with Crippen LogP contribution >= 0.6 is 0 Å². The molecule has 1 rings (SSSR count). The molecule has 0 aliphatic heterocycles. The first kappa shape index (κ1) is 11.9. The van der Waals surface area contributed by atoms with Gasteiger partial charge in [-0.1, -0.05) is 19.4 Å². The summed E-state index contributed by atoms with van der Waals surface area (Å²) in [6.45, 7) is 0.750. The maximum atomic E-state index is 11.9. The molecule has 15 heavy (non-hydrogen) atoms. The van der Waals surface area contributed by atoms with Crippen molar-refractivity contribution in [1.29, 1.82) is 0 Å². The van der Waals surface area contributed by atoms with Crippen molar-refractivity contribution >= 4 is 0 Å². The molecule has 4 heteroatoms. The molecule has 0 amide bonds. The van der Waals surface area contributed by atoms with Crippen LogP contribution in [-0.4, -0.2) is 12.8 Å². The van der Waals surface area contributed by atoms with Gasteiger partial charge < -0.3 is 4.74 Å². The summed E-state index contributed by atoms with van der Waals surface area (Å²) < 4.78 is 40.2.